The molecule has 0 aliphatic heterocycles. The predicted octanol–water partition coefficient (Wildman–Crippen LogP) is 6.08. The van der Waals surface area contributed by atoms with Crippen LogP contribution in [-0.2, 0) is 4.79 Å². The minimum atomic E-state index is -0.346. The third kappa shape index (κ3) is 6.20. The molecule has 0 bridgehead atoms. The summed E-state index contributed by atoms with van der Waals surface area (Å²) >= 11 is 3.50. The molecule has 3 rings (SSSR count). The number of anilines is 1. The lowest BCUT2D eigenvalue weighted by molar-refractivity contribution is -0.118. The van der Waals surface area contributed by atoms with Gasteiger partial charge in [-0.1, -0.05) is 62.4 Å². The van der Waals surface area contributed by atoms with Gasteiger partial charge in [0.05, 0.1) is 21.8 Å². The predicted molar refractivity (Wildman–Crippen MR) is 131 cm³/mol. The first-order chi connectivity index (χ1) is 15.3. The maximum atomic E-state index is 12.8. The van der Waals surface area contributed by atoms with Crippen molar-refractivity contribution in [1.29, 1.82) is 0 Å². The quantitative estimate of drug-likeness (QED) is 0.398. The van der Waals surface area contributed by atoms with Gasteiger partial charge in [-0.25, -0.2) is 0 Å². The molecule has 6 heteroatoms. The molecule has 3 aromatic carbocycles. The van der Waals surface area contributed by atoms with Gasteiger partial charge in [-0.05, 0) is 64.2 Å². The molecule has 0 spiro atoms. The molecule has 0 aromatic heterocycles. The van der Waals surface area contributed by atoms with E-state index in [9.17, 15) is 9.59 Å². The molecular weight excluding hydrogens is 468 g/mol. The van der Waals surface area contributed by atoms with E-state index in [1.807, 2.05) is 55.5 Å². The molecule has 0 fully saturated rings. The third-order valence-corrected chi connectivity index (χ3v) is 5.69. The number of hydrogen-bond donors (Lipinski definition) is 2. The number of benzene rings is 3. The number of nitrogens with one attached hydrogen (secondary N) is 2. The second-order valence-corrected chi connectivity index (χ2v) is 8.69. The van der Waals surface area contributed by atoms with Gasteiger partial charge < -0.3 is 15.4 Å². The Morgan fingerprint density at radius 1 is 0.906 bits per heavy atom. The zero-order chi connectivity index (χ0) is 23.1. The summed E-state index contributed by atoms with van der Waals surface area (Å²) in [5.74, 6) is 0.384. The molecule has 0 saturated carbocycles. The number of hydrogen-bond acceptors (Lipinski definition) is 3. The van der Waals surface area contributed by atoms with Crippen LogP contribution in [0.3, 0.4) is 0 Å². The maximum absolute atomic E-state index is 12.8. The van der Waals surface area contributed by atoms with Crippen LogP contribution in [0.5, 0.6) is 5.75 Å². The third-order valence-electron chi connectivity index (χ3n) is 5.07. The molecule has 5 nitrogen and oxygen atoms in total. The van der Waals surface area contributed by atoms with Crippen LogP contribution in [0.15, 0.2) is 77.3 Å². The van der Waals surface area contributed by atoms with Crippen LogP contribution >= 0.6 is 15.9 Å². The number of carbonyl (C=O) groups is 2. The molecular formula is C26H27BrN2O3. The molecule has 2 N–H and O–H groups in total. The number of rotatable bonds is 8. The molecule has 32 heavy (non-hydrogen) atoms. The topological polar surface area (TPSA) is 67.4 Å². The van der Waals surface area contributed by atoms with Gasteiger partial charge in [0.1, 0.15) is 5.75 Å². The van der Waals surface area contributed by atoms with Crippen LogP contribution in [-0.4, -0.2) is 18.4 Å². The van der Waals surface area contributed by atoms with Crippen LogP contribution in [0.1, 0.15) is 54.2 Å². The Labute approximate surface area is 197 Å². The Balaban J connectivity index is 1.63. The monoisotopic (exact) mass is 494 g/mol. The second-order valence-electron chi connectivity index (χ2n) is 7.83. The average Bonchev–Trinajstić information content (AvgIpc) is 2.79. The van der Waals surface area contributed by atoms with Crippen molar-refractivity contribution in [3.63, 3.8) is 0 Å². The van der Waals surface area contributed by atoms with Crippen LogP contribution in [0, 0.1) is 0 Å². The summed E-state index contributed by atoms with van der Waals surface area (Å²) in [6, 6.07) is 22.3. The molecule has 0 saturated heterocycles. The lowest BCUT2D eigenvalue weighted by Gasteiger charge is -2.16. The second kappa shape index (κ2) is 11.0. The molecule has 0 aliphatic carbocycles. The first kappa shape index (κ1) is 23.5. The van der Waals surface area contributed by atoms with E-state index in [2.05, 4.69) is 40.4 Å². The Kier molecular flexibility index (Phi) is 8.06. The van der Waals surface area contributed by atoms with Crippen molar-refractivity contribution in [2.75, 3.05) is 11.9 Å². The van der Waals surface area contributed by atoms with Gasteiger partial charge in [0.2, 0.25) is 0 Å². The highest BCUT2D eigenvalue weighted by molar-refractivity contribution is 9.10. The fraction of sp³-hybridized carbons (Fsp3) is 0.231. The van der Waals surface area contributed by atoms with E-state index in [0.717, 1.165) is 10.0 Å². The van der Waals surface area contributed by atoms with Crippen molar-refractivity contribution in [2.24, 2.45) is 0 Å². The number of ether oxygens (including phenoxy) is 1. The summed E-state index contributed by atoms with van der Waals surface area (Å²) in [7, 11) is 0. The lowest BCUT2D eigenvalue weighted by Crippen LogP contribution is -2.28. The summed E-state index contributed by atoms with van der Waals surface area (Å²) in [5, 5.41) is 5.76. The summed E-state index contributed by atoms with van der Waals surface area (Å²) in [6.07, 6.45) is 0. The summed E-state index contributed by atoms with van der Waals surface area (Å²) in [4.78, 5) is 25.3. The lowest BCUT2D eigenvalue weighted by atomic mass is 10.0. The van der Waals surface area contributed by atoms with E-state index in [4.69, 9.17) is 4.74 Å². The SMILES string of the molecule is CC(C)c1ccc(OCC(=O)Nc2ccccc2C(=O)N[C@H](C)c2ccccc2)c(Br)c1. The molecule has 2 amide bonds. The molecule has 0 unspecified atom stereocenters. The van der Waals surface area contributed by atoms with Crippen molar-refractivity contribution >= 4 is 33.4 Å². The Hall–Kier alpha value is -3.12. The zero-order valence-corrected chi connectivity index (χ0v) is 20.0. The fourth-order valence-electron chi connectivity index (χ4n) is 3.21. The molecule has 0 heterocycles. The van der Waals surface area contributed by atoms with Gasteiger partial charge >= 0.3 is 0 Å². The van der Waals surface area contributed by atoms with E-state index in [0.29, 0.717) is 22.9 Å². The van der Waals surface area contributed by atoms with E-state index in [1.165, 1.54) is 5.56 Å². The highest BCUT2D eigenvalue weighted by atomic mass is 79.9. The van der Waals surface area contributed by atoms with E-state index < -0.39 is 0 Å². The molecule has 1 atom stereocenters. The van der Waals surface area contributed by atoms with Crippen LogP contribution in [0.4, 0.5) is 5.69 Å². The molecule has 0 aliphatic rings. The number of para-hydroxylation sites is 1. The standard InChI is InChI=1S/C26H27BrN2O3/c1-17(2)20-13-14-24(22(27)15-20)32-16-25(30)29-23-12-8-7-11-21(23)26(31)28-18(3)19-9-5-4-6-10-19/h4-15,17-18H,16H2,1-3H3,(H,28,31)(H,29,30)/t18-/m1/s1. The van der Waals surface area contributed by atoms with Gasteiger partial charge in [-0.3, -0.25) is 9.59 Å². The van der Waals surface area contributed by atoms with Gasteiger partial charge in [-0.2, -0.15) is 0 Å². The molecule has 166 valence electrons. The normalized spacial score (nSPS) is 11.7. The van der Waals surface area contributed by atoms with Crippen molar-refractivity contribution in [3.05, 3.63) is 94.0 Å². The number of amides is 2. The molecule has 3 aromatic rings. The van der Waals surface area contributed by atoms with Gasteiger partial charge in [0, 0.05) is 0 Å². The van der Waals surface area contributed by atoms with Crippen LogP contribution in [0.25, 0.3) is 0 Å². The highest BCUT2D eigenvalue weighted by Gasteiger charge is 2.16. The Morgan fingerprint density at radius 2 is 1.59 bits per heavy atom. The van der Waals surface area contributed by atoms with E-state index in [-0.39, 0.29) is 24.5 Å². The van der Waals surface area contributed by atoms with Gasteiger partial charge in [0.15, 0.2) is 6.61 Å². The maximum Gasteiger partial charge on any atom is 0.262 e. The summed E-state index contributed by atoms with van der Waals surface area (Å²) < 4.78 is 6.47. The molecule has 0 radical (unpaired) electrons. The minimum Gasteiger partial charge on any atom is -0.483 e. The smallest absolute Gasteiger partial charge is 0.262 e. The van der Waals surface area contributed by atoms with Gasteiger partial charge in [-0.15, -0.1) is 0 Å². The first-order valence-corrected chi connectivity index (χ1v) is 11.3. The van der Waals surface area contributed by atoms with E-state index >= 15 is 0 Å². The highest BCUT2D eigenvalue weighted by Crippen LogP contribution is 2.29. The first-order valence-electron chi connectivity index (χ1n) is 10.5. The van der Waals surface area contributed by atoms with E-state index in [1.54, 1.807) is 24.3 Å². The van der Waals surface area contributed by atoms with Crippen molar-refractivity contribution in [1.82, 2.24) is 5.32 Å². The van der Waals surface area contributed by atoms with Gasteiger partial charge in [0.25, 0.3) is 11.8 Å². The summed E-state index contributed by atoms with van der Waals surface area (Å²) in [6.45, 7) is 5.98. The minimum absolute atomic E-state index is 0.165. The van der Waals surface area contributed by atoms with Crippen LogP contribution in [0.2, 0.25) is 0 Å². The number of carbonyl (C=O) groups excluding carboxylic acids is 2. The Morgan fingerprint density at radius 3 is 2.28 bits per heavy atom. The van der Waals surface area contributed by atoms with Crippen molar-refractivity contribution in [3.8, 4) is 5.75 Å². The average molecular weight is 495 g/mol. The van der Waals surface area contributed by atoms with Crippen molar-refractivity contribution < 1.29 is 14.3 Å². The summed E-state index contributed by atoms with van der Waals surface area (Å²) in [5.41, 5.74) is 3.02. The zero-order valence-electron chi connectivity index (χ0n) is 18.4. The fourth-order valence-corrected chi connectivity index (χ4v) is 3.72. The van der Waals surface area contributed by atoms with Crippen LogP contribution < -0.4 is 15.4 Å². The van der Waals surface area contributed by atoms with Crippen molar-refractivity contribution in [2.45, 2.75) is 32.7 Å². The largest absolute Gasteiger partial charge is 0.483 e. The Bertz CT molecular complexity index is 1080. The number of halogens is 1.